The first-order valence-electron chi connectivity index (χ1n) is 4.68. The first-order valence-corrected chi connectivity index (χ1v) is 5.06. The van der Waals surface area contributed by atoms with Gasteiger partial charge >= 0.3 is 5.97 Å². The Hall–Kier alpha value is -1.73. The number of aromatic nitrogens is 1. The highest BCUT2D eigenvalue weighted by atomic mass is 35.5. The highest BCUT2D eigenvalue weighted by Crippen LogP contribution is 2.16. The number of anilines is 1. The van der Waals surface area contributed by atoms with Crippen molar-refractivity contribution in [3.05, 3.63) is 22.8 Å². The number of rotatable bonds is 4. The van der Waals surface area contributed by atoms with Crippen LogP contribution in [0.15, 0.2) is 12.1 Å². The largest absolute Gasteiger partial charge is 0.476 e. The minimum atomic E-state index is -1.14. The Balaban J connectivity index is 2.70. The molecule has 0 atom stereocenters. The van der Waals surface area contributed by atoms with Crippen LogP contribution in [0.25, 0.3) is 0 Å². The second-order valence-electron chi connectivity index (χ2n) is 2.94. The van der Waals surface area contributed by atoms with Gasteiger partial charge in [0.05, 0.1) is 5.02 Å². The van der Waals surface area contributed by atoms with Crippen molar-refractivity contribution in [3.63, 3.8) is 0 Å². The Morgan fingerprint density at radius 3 is 3.00 bits per heavy atom. The van der Waals surface area contributed by atoms with Crippen LogP contribution in [-0.2, 0) is 0 Å². The third-order valence-corrected chi connectivity index (χ3v) is 2.09. The summed E-state index contributed by atoms with van der Waals surface area (Å²) < 4.78 is 0. The van der Waals surface area contributed by atoms with Crippen LogP contribution in [0.2, 0.25) is 5.02 Å². The van der Waals surface area contributed by atoms with Gasteiger partial charge in [0.2, 0.25) is 0 Å². The molecule has 0 aliphatic rings. The molecule has 1 rings (SSSR count). The van der Waals surface area contributed by atoms with Gasteiger partial charge < -0.3 is 10.4 Å². The average molecular weight is 239 g/mol. The first kappa shape index (κ1) is 12.3. The second-order valence-corrected chi connectivity index (χ2v) is 3.34. The molecule has 0 radical (unpaired) electrons. The maximum atomic E-state index is 10.8. The molecule has 0 amide bonds. The van der Waals surface area contributed by atoms with E-state index in [9.17, 15) is 4.79 Å². The molecule has 0 bridgehead atoms. The molecular formula is C11H11ClN2O2. The molecule has 0 unspecified atom stereocenters. The van der Waals surface area contributed by atoms with Gasteiger partial charge in [-0.2, -0.15) is 0 Å². The predicted octanol–water partition coefficient (Wildman–Crippen LogP) is 2.26. The SMILES string of the molecule is CC#CCCNc1ccc(Cl)c(C(=O)O)n1. The van der Waals surface area contributed by atoms with Gasteiger partial charge in [0.1, 0.15) is 5.82 Å². The van der Waals surface area contributed by atoms with Gasteiger partial charge in [0.25, 0.3) is 0 Å². The maximum absolute atomic E-state index is 10.8. The molecular weight excluding hydrogens is 228 g/mol. The van der Waals surface area contributed by atoms with Crippen molar-refractivity contribution in [3.8, 4) is 11.8 Å². The lowest BCUT2D eigenvalue weighted by Gasteiger charge is -2.05. The fraction of sp³-hybridized carbons (Fsp3) is 0.273. The Morgan fingerprint density at radius 2 is 2.38 bits per heavy atom. The van der Waals surface area contributed by atoms with Crippen molar-refractivity contribution in [2.75, 3.05) is 11.9 Å². The highest BCUT2D eigenvalue weighted by molar-refractivity contribution is 6.33. The molecule has 0 fully saturated rings. The number of nitrogens with one attached hydrogen (secondary N) is 1. The molecule has 0 saturated heterocycles. The summed E-state index contributed by atoms with van der Waals surface area (Å²) in [6.45, 7) is 2.39. The Bertz CT molecular complexity index is 449. The molecule has 16 heavy (non-hydrogen) atoms. The zero-order valence-corrected chi connectivity index (χ0v) is 9.51. The van der Waals surface area contributed by atoms with Gasteiger partial charge in [-0.1, -0.05) is 11.6 Å². The second kappa shape index (κ2) is 5.99. The third kappa shape index (κ3) is 3.44. The van der Waals surface area contributed by atoms with Gasteiger partial charge in [-0.05, 0) is 19.1 Å². The van der Waals surface area contributed by atoms with E-state index in [1.54, 1.807) is 13.0 Å². The molecule has 0 aliphatic heterocycles. The molecule has 4 nitrogen and oxygen atoms in total. The number of aromatic carboxylic acids is 1. The van der Waals surface area contributed by atoms with E-state index in [1.807, 2.05) is 0 Å². The lowest BCUT2D eigenvalue weighted by Crippen LogP contribution is -2.07. The molecule has 1 heterocycles. The van der Waals surface area contributed by atoms with Gasteiger partial charge in [0, 0.05) is 13.0 Å². The highest BCUT2D eigenvalue weighted by Gasteiger charge is 2.10. The van der Waals surface area contributed by atoms with E-state index in [0.29, 0.717) is 18.8 Å². The topological polar surface area (TPSA) is 62.2 Å². The van der Waals surface area contributed by atoms with Gasteiger partial charge in [-0.15, -0.1) is 11.8 Å². The summed E-state index contributed by atoms with van der Waals surface area (Å²) in [5.41, 5.74) is -0.145. The zero-order chi connectivity index (χ0) is 12.0. The number of carboxylic acids is 1. The monoisotopic (exact) mass is 238 g/mol. The van der Waals surface area contributed by atoms with E-state index in [2.05, 4.69) is 22.1 Å². The molecule has 2 N–H and O–H groups in total. The van der Waals surface area contributed by atoms with Crippen LogP contribution in [0.4, 0.5) is 5.82 Å². The first-order chi connectivity index (χ1) is 7.65. The minimum absolute atomic E-state index is 0.131. The zero-order valence-electron chi connectivity index (χ0n) is 8.75. The van der Waals surface area contributed by atoms with Gasteiger partial charge in [-0.3, -0.25) is 0 Å². The van der Waals surface area contributed by atoms with E-state index in [-0.39, 0.29) is 10.7 Å². The number of nitrogens with zero attached hydrogens (tertiary/aromatic N) is 1. The van der Waals surface area contributed by atoms with Crippen LogP contribution < -0.4 is 5.32 Å². The summed E-state index contributed by atoms with van der Waals surface area (Å²) in [5, 5.41) is 11.9. The van der Waals surface area contributed by atoms with E-state index in [4.69, 9.17) is 16.7 Å². The van der Waals surface area contributed by atoms with E-state index >= 15 is 0 Å². The molecule has 0 aromatic carbocycles. The summed E-state index contributed by atoms with van der Waals surface area (Å²) in [4.78, 5) is 14.6. The summed E-state index contributed by atoms with van der Waals surface area (Å²) in [6.07, 6.45) is 0.684. The van der Waals surface area contributed by atoms with E-state index in [1.165, 1.54) is 6.07 Å². The van der Waals surface area contributed by atoms with E-state index < -0.39 is 5.97 Å². The number of halogens is 1. The van der Waals surface area contributed by atoms with Crippen LogP contribution in [0.5, 0.6) is 0 Å². The number of pyridine rings is 1. The number of hydrogen-bond acceptors (Lipinski definition) is 3. The van der Waals surface area contributed by atoms with Crippen LogP contribution in [0, 0.1) is 11.8 Å². The van der Waals surface area contributed by atoms with Crippen LogP contribution >= 0.6 is 11.6 Å². The molecule has 1 aromatic rings. The molecule has 0 spiro atoms. The molecule has 5 heteroatoms. The fourth-order valence-electron chi connectivity index (χ4n) is 1.07. The third-order valence-electron chi connectivity index (χ3n) is 1.78. The summed E-state index contributed by atoms with van der Waals surface area (Å²) in [6, 6.07) is 3.14. The normalized spacial score (nSPS) is 9.12. The number of carbonyl (C=O) groups is 1. The molecule has 0 saturated carbocycles. The average Bonchev–Trinajstić information content (AvgIpc) is 2.26. The standard InChI is InChI=1S/C11H11ClN2O2/c1-2-3-4-7-13-9-6-5-8(12)10(14-9)11(15)16/h5-6H,4,7H2,1H3,(H,13,14)(H,15,16). The quantitative estimate of drug-likeness (QED) is 0.624. The molecule has 0 aliphatic carbocycles. The number of carboxylic acid groups (broad SMARTS) is 1. The van der Waals surface area contributed by atoms with Gasteiger partial charge in [-0.25, -0.2) is 9.78 Å². The molecule has 84 valence electrons. The van der Waals surface area contributed by atoms with Crippen molar-refractivity contribution >= 4 is 23.4 Å². The number of hydrogen-bond donors (Lipinski definition) is 2. The van der Waals surface area contributed by atoms with Crippen molar-refractivity contribution in [2.45, 2.75) is 13.3 Å². The van der Waals surface area contributed by atoms with Gasteiger partial charge in [0.15, 0.2) is 5.69 Å². The fourth-order valence-corrected chi connectivity index (χ4v) is 1.25. The summed E-state index contributed by atoms with van der Waals surface area (Å²) in [5.74, 6) is 5.00. The van der Waals surface area contributed by atoms with Crippen molar-refractivity contribution < 1.29 is 9.90 Å². The minimum Gasteiger partial charge on any atom is -0.476 e. The lowest BCUT2D eigenvalue weighted by molar-refractivity contribution is 0.0691. The van der Waals surface area contributed by atoms with Crippen molar-refractivity contribution in [2.24, 2.45) is 0 Å². The Kier molecular flexibility index (Phi) is 4.62. The Morgan fingerprint density at radius 1 is 1.62 bits per heavy atom. The maximum Gasteiger partial charge on any atom is 0.356 e. The van der Waals surface area contributed by atoms with E-state index in [0.717, 1.165) is 0 Å². The predicted molar refractivity (Wildman–Crippen MR) is 62.8 cm³/mol. The smallest absolute Gasteiger partial charge is 0.356 e. The molecule has 1 aromatic heterocycles. The Labute approximate surface area is 98.6 Å². The van der Waals surface area contributed by atoms with Crippen LogP contribution in [0.1, 0.15) is 23.8 Å². The van der Waals surface area contributed by atoms with Crippen molar-refractivity contribution in [1.82, 2.24) is 4.98 Å². The summed E-state index contributed by atoms with van der Waals surface area (Å²) >= 11 is 5.68. The van der Waals surface area contributed by atoms with Crippen molar-refractivity contribution in [1.29, 1.82) is 0 Å². The summed E-state index contributed by atoms with van der Waals surface area (Å²) in [7, 11) is 0. The van der Waals surface area contributed by atoms with Crippen LogP contribution in [0.3, 0.4) is 0 Å². The van der Waals surface area contributed by atoms with Crippen LogP contribution in [-0.4, -0.2) is 22.6 Å². The lowest BCUT2D eigenvalue weighted by atomic mass is 10.3.